The van der Waals surface area contributed by atoms with Crippen LogP contribution >= 0.6 is 11.8 Å². The third-order valence-electron chi connectivity index (χ3n) is 3.49. The van der Waals surface area contributed by atoms with Crippen molar-refractivity contribution in [1.29, 1.82) is 0 Å². The van der Waals surface area contributed by atoms with Crippen LogP contribution in [0.15, 0.2) is 41.4 Å². The van der Waals surface area contributed by atoms with Gasteiger partial charge in [-0.2, -0.15) is 9.61 Å². The van der Waals surface area contributed by atoms with Crippen molar-refractivity contribution in [3.8, 4) is 17.1 Å². The van der Waals surface area contributed by atoms with Gasteiger partial charge in [0.25, 0.3) is 0 Å². The van der Waals surface area contributed by atoms with Crippen molar-refractivity contribution in [3.63, 3.8) is 0 Å². The molecule has 0 aliphatic carbocycles. The van der Waals surface area contributed by atoms with Crippen molar-refractivity contribution >= 4 is 23.4 Å². The second kappa shape index (κ2) is 7.52. The van der Waals surface area contributed by atoms with Crippen LogP contribution in [0.1, 0.15) is 13.8 Å². The molecule has 0 fully saturated rings. The number of carbonyl (C=O) groups is 1. The molecule has 0 bridgehead atoms. The highest BCUT2D eigenvalue weighted by molar-refractivity contribution is 8.00. The number of ether oxygens (including phenoxy) is 2. The molecule has 0 unspecified atom stereocenters. The molecule has 1 aromatic carbocycles. The Balaban J connectivity index is 1.91. The van der Waals surface area contributed by atoms with E-state index in [9.17, 15) is 4.79 Å². The first kappa shape index (κ1) is 17.2. The standard InChI is InChI=1S/C17H18N4O3S/c1-4-24-13-7-5-12(6-8-13)16-19-18-14-9-10-15(20-21(14)16)25-11(2)17(22)23-3/h5-11H,4H2,1-3H3/t11-/m0/s1. The van der Waals surface area contributed by atoms with Crippen molar-refractivity contribution < 1.29 is 14.3 Å². The van der Waals surface area contributed by atoms with Crippen molar-refractivity contribution in [3.05, 3.63) is 36.4 Å². The number of benzene rings is 1. The molecule has 0 aliphatic heterocycles. The Morgan fingerprint density at radius 3 is 2.64 bits per heavy atom. The number of aromatic nitrogens is 4. The number of carbonyl (C=O) groups excluding carboxylic acids is 1. The van der Waals surface area contributed by atoms with Crippen molar-refractivity contribution in [2.45, 2.75) is 24.1 Å². The summed E-state index contributed by atoms with van der Waals surface area (Å²) in [6.45, 7) is 4.34. The van der Waals surface area contributed by atoms with E-state index in [0.29, 0.717) is 23.1 Å². The van der Waals surface area contributed by atoms with E-state index < -0.39 is 0 Å². The molecule has 8 heteroatoms. The summed E-state index contributed by atoms with van der Waals surface area (Å²) >= 11 is 1.33. The van der Waals surface area contributed by atoms with Crippen LogP contribution in [0.25, 0.3) is 17.0 Å². The Kier molecular flexibility index (Phi) is 5.18. The zero-order valence-electron chi connectivity index (χ0n) is 14.2. The van der Waals surface area contributed by atoms with Gasteiger partial charge in [0.05, 0.1) is 13.7 Å². The summed E-state index contributed by atoms with van der Waals surface area (Å²) in [4.78, 5) is 11.6. The smallest absolute Gasteiger partial charge is 0.318 e. The van der Waals surface area contributed by atoms with Gasteiger partial charge in [-0.05, 0) is 50.2 Å². The normalized spacial score (nSPS) is 12.1. The number of esters is 1. The molecule has 0 N–H and O–H groups in total. The average molecular weight is 358 g/mol. The summed E-state index contributed by atoms with van der Waals surface area (Å²) in [5, 5.41) is 13.3. The molecule has 1 atom stereocenters. The second-order valence-corrected chi connectivity index (χ2v) is 6.57. The van der Waals surface area contributed by atoms with Crippen LogP contribution in [0.3, 0.4) is 0 Å². The lowest BCUT2D eigenvalue weighted by Gasteiger charge is -2.08. The van der Waals surface area contributed by atoms with Gasteiger partial charge in [0.2, 0.25) is 0 Å². The van der Waals surface area contributed by atoms with E-state index in [2.05, 4.69) is 15.3 Å². The summed E-state index contributed by atoms with van der Waals surface area (Å²) in [5.74, 6) is 1.14. The zero-order chi connectivity index (χ0) is 17.8. The van der Waals surface area contributed by atoms with Crippen LogP contribution in [0.2, 0.25) is 0 Å². The fourth-order valence-corrected chi connectivity index (χ4v) is 3.11. The Morgan fingerprint density at radius 1 is 1.20 bits per heavy atom. The molecule has 130 valence electrons. The van der Waals surface area contributed by atoms with E-state index in [4.69, 9.17) is 9.47 Å². The maximum absolute atomic E-state index is 11.6. The van der Waals surface area contributed by atoms with Gasteiger partial charge < -0.3 is 9.47 Å². The maximum Gasteiger partial charge on any atom is 0.318 e. The second-order valence-electron chi connectivity index (χ2n) is 5.21. The summed E-state index contributed by atoms with van der Waals surface area (Å²) in [6.07, 6.45) is 0. The Morgan fingerprint density at radius 2 is 1.96 bits per heavy atom. The summed E-state index contributed by atoms with van der Waals surface area (Å²) < 4.78 is 11.9. The Bertz CT molecular complexity index is 879. The molecule has 0 saturated heterocycles. The molecular weight excluding hydrogens is 340 g/mol. The van der Waals surface area contributed by atoms with Gasteiger partial charge in [0.15, 0.2) is 11.5 Å². The van der Waals surface area contributed by atoms with E-state index in [1.54, 1.807) is 11.4 Å². The molecule has 0 saturated carbocycles. The van der Waals surface area contributed by atoms with Crippen molar-refractivity contribution in [2.24, 2.45) is 0 Å². The predicted octanol–water partition coefficient (Wildman–Crippen LogP) is 2.84. The first-order chi connectivity index (χ1) is 12.1. The van der Waals surface area contributed by atoms with Gasteiger partial charge in [-0.25, -0.2) is 0 Å². The van der Waals surface area contributed by atoms with Crippen LogP contribution in [0.5, 0.6) is 5.75 Å². The minimum atomic E-state index is -0.347. The molecule has 3 rings (SSSR count). The van der Waals surface area contributed by atoms with E-state index in [1.807, 2.05) is 43.3 Å². The van der Waals surface area contributed by atoms with Gasteiger partial charge in [0.1, 0.15) is 16.0 Å². The SMILES string of the molecule is CCOc1ccc(-c2nnc3ccc(S[C@@H](C)C(=O)OC)nn23)cc1. The molecule has 3 aromatic rings. The molecule has 2 aromatic heterocycles. The van der Waals surface area contributed by atoms with Gasteiger partial charge >= 0.3 is 5.97 Å². The lowest BCUT2D eigenvalue weighted by Crippen LogP contribution is -2.15. The van der Waals surface area contributed by atoms with Crippen LogP contribution in [0.4, 0.5) is 0 Å². The van der Waals surface area contributed by atoms with E-state index in [-0.39, 0.29) is 11.2 Å². The number of thioether (sulfide) groups is 1. The quantitative estimate of drug-likeness (QED) is 0.495. The molecule has 7 nitrogen and oxygen atoms in total. The summed E-state index contributed by atoms with van der Waals surface area (Å²) in [6, 6.07) is 11.2. The van der Waals surface area contributed by atoms with Crippen LogP contribution in [-0.4, -0.2) is 44.7 Å². The van der Waals surface area contributed by atoms with Crippen LogP contribution < -0.4 is 4.74 Å². The average Bonchev–Trinajstić information content (AvgIpc) is 3.05. The third kappa shape index (κ3) is 3.74. The highest BCUT2D eigenvalue weighted by atomic mass is 32.2. The molecule has 2 heterocycles. The summed E-state index contributed by atoms with van der Waals surface area (Å²) in [7, 11) is 1.37. The van der Waals surface area contributed by atoms with E-state index >= 15 is 0 Å². The first-order valence-corrected chi connectivity index (χ1v) is 8.70. The third-order valence-corrected chi connectivity index (χ3v) is 4.50. The number of nitrogens with zero attached hydrogens (tertiary/aromatic N) is 4. The Hall–Kier alpha value is -2.61. The van der Waals surface area contributed by atoms with Crippen molar-refractivity contribution in [2.75, 3.05) is 13.7 Å². The summed E-state index contributed by atoms with van der Waals surface area (Å²) in [5.41, 5.74) is 1.52. The lowest BCUT2D eigenvalue weighted by atomic mass is 10.2. The van der Waals surface area contributed by atoms with E-state index in [1.165, 1.54) is 18.9 Å². The van der Waals surface area contributed by atoms with Gasteiger partial charge in [0, 0.05) is 5.56 Å². The number of hydrogen-bond acceptors (Lipinski definition) is 7. The zero-order valence-corrected chi connectivity index (χ0v) is 15.0. The van der Waals surface area contributed by atoms with Crippen molar-refractivity contribution in [1.82, 2.24) is 19.8 Å². The fraction of sp³-hybridized carbons (Fsp3) is 0.294. The first-order valence-electron chi connectivity index (χ1n) is 7.82. The number of methoxy groups -OCH3 is 1. The largest absolute Gasteiger partial charge is 0.494 e. The van der Waals surface area contributed by atoms with Gasteiger partial charge in [-0.15, -0.1) is 10.2 Å². The highest BCUT2D eigenvalue weighted by Crippen LogP contribution is 2.25. The molecular formula is C17H18N4O3S. The minimum absolute atomic E-state index is 0.289. The Labute approximate surface area is 149 Å². The van der Waals surface area contributed by atoms with E-state index in [0.717, 1.165) is 11.3 Å². The molecule has 25 heavy (non-hydrogen) atoms. The minimum Gasteiger partial charge on any atom is -0.494 e. The predicted molar refractivity (Wildman–Crippen MR) is 94.7 cm³/mol. The van der Waals surface area contributed by atoms with Crippen LogP contribution in [-0.2, 0) is 9.53 Å². The van der Waals surface area contributed by atoms with Crippen LogP contribution in [0, 0.1) is 0 Å². The number of rotatable bonds is 6. The number of fused-ring (bicyclic) bond motifs is 1. The molecule has 0 amide bonds. The molecule has 0 aliphatic rings. The monoisotopic (exact) mass is 358 g/mol. The molecule has 0 spiro atoms. The fourth-order valence-electron chi connectivity index (χ4n) is 2.28. The molecule has 0 radical (unpaired) electrons. The topological polar surface area (TPSA) is 78.6 Å². The highest BCUT2D eigenvalue weighted by Gasteiger charge is 2.17. The maximum atomic E-state index is 11.6. The van der Waals surface area contributed by atoms with Gasteiger partial charge in [-0.3, -0.25) is 4.79 Å². The number of hydrogen-bond donors (Lipinski definition) is 0. The lowest BCUT2D eigenvalue weighted by molar-refractivity contribution is -0.139. The van der Waals surface area contributed by atoms with Gasteiger partial charge in [-0.1, -0.05) is 11.8 Å².